The molecule has 0 unspecified atom stereocenters. The normalized spacial score (nSPS) is 10.9. The zero-order valence-electron chi connectivity index (χ0n) is 12.7. The van der Waals surface area contributed by atoms with Gasteiger partial charge < -0.3 is 10.2 Å². The van der Waals surface area contributed by atoms with E-state index in [-0.39, 0.29) is 5.91 Å². The number of thiazole rings is 1. The Morgan fingerprint density at radius 3 is 2.67 bits per heavy atom. The van der Waals surface area contributed by atoms with Crippen molar-refractivity contribution in [3.8, 4) is 10.6 Å². The number of hydrogen-bond donors (Lipinski definition) is 1. The zero-order chi connectivity index (χ0) is 15.2. The van der Waals surface area contributed by atoms with E-state index >= 15 is 0 Å². The molecule has 0 bridgehead atoms. The predicted molar refractivity (Wildman–Crippen MR) is 87.6 cm³/mol. The number of carbonyl (C=O) groups is 1. The Bertz CT molecular complexity index is 593. The number of benzene rings is 1. The molecular weight excluding hydrogens is 282 g/mol. The highest BCUT2D eigenvalue weighted by Gasteiger charge is 2.12. The molecular formula is C16H21N3OS. The number of amides is 1. The summed E-state index contributed by atoms with van der Waals surface area (Å²) in [5.41, 5.74) is 2.05. The summed E-state index contributed by atoms with van der Waals surface area (Å²) in [7, 11) is 3.98. The second kappa shape index (κ2) is 7.33. The van der Waals surface area contributed by atoms with Crippen molar-refractivity contribution in [3.63, 3.8) is 0 Å². The Hall–Kier alpha value is -1.72. The van der Waals surface area contributed by atoms with E-state index < -0.39 is 0 Å². The highest BCUT2D eigenvalue weighted by Crippen LogP contribution is 2.27. The molecule has 112 valence electrons. The summed E-state index contributed by atoms with van der Waals surface area (Å²) in [5.74, 6) is 0.0585. The first kappa shape index (κ1) is 15.7. The number of likely N-dealkylation sites (N-methyl/N-ethyl adjacent to an activating group) is 1. The van der Waals surface area contributed by atoms with Crippen molar-refractivity contribution >= 4 is 17.2 Å². The summed E-state index contributed by atoms with van der Waals surface area (Å²) < 4.78 is 0. The second-order valence-corrected chi connectivity index (χ2v) is 6.31. The molecule has 0 spiro atoms. The van der Waals surface area contributed by atoms with E-state index in [1.54, 1.807) is 11.3 Å². The minimum absolute atomic E-state index is 0.0585. The molecule has 0 aliphatic carbocycles. The molecule has 1 aromatic carbocycles. The van der Waals surface area contributed by atoms with Crippen LogP contribution in [0.1, 0.15) is 10.6 Å². The molecule has 1 N–H and O–H groups in total. The van der Waals surface area contributed by atoms with Crippen LogP contribution in [0, 0.1) is 6.92 Å². The van der Waals surface area contributed by atoms with Crippen LogP contribution >= 0.6 is 11.3 Å². The molecule has 0 saturated heterocycles. The largest absolute Gasteiger partial charge is 0.355 e. The molecule has 2 rings (SSSR count). The summed E-state index contributed by atoms with van der Waals surface area (Å²) in [4.78, 5) is 19.6. The first-order valence-corrected chi connectivity index (χ1v) is 7.81. The van der Waals surface area contributed by atoms with Crippen molar-refractivity contribution in [2.45, 2.75) is 13.3 Å². The number of hydrogen-bond acceptors (Lipinski definition) is 4. The van der Waals surface area contributed by atoms with Crippen LogP contribution in [0.5, 0.6) is 0 Å². The maximum Gasteiger partial charge on any atom is 0.225 e. The Balaban J connectivity index is 1.98. The van der Waals surface area contributed by atoms with E-state index in [0.717, 1.165) is 27.7 Å². The topological polar surface area (TPSA) is 45.2 Å². The van der Waals surface area contributed by atoms with Crippen LogP contribution in [0.15, 0.2) is 30.3 Å². The molecule has 4 nitrogen and oxygen atoms in total. The average molecular weight is 303 g/mol. The average Bonchev–Trinajstić information content (AvgIpc) is 2.81. The van der Waals surface area contributed by atoms with Gasteiger partial charge in [0.1, 0.15) is 5.01 Å². The van der Waals surface area contributed by atoms with Crippen molar-refractivity contribution in [1.29, 1.82) is 0 Å². The third-order valence-electron chi connectivity index (χ3n) is 3.12. The van der Waals surface area contributed by atoms with E-state index in [4.69, 9.17) is 0 Å². The van der Waals surface area contributed by atoms with Crippen LogP contribution in [0.4, 0.5) is 0 Å². The van der Waals surface area contributed by atoms with Crippen LogP contribution in [-0.2, 0) is 11.2 Å². The lowest BCUT2D eigenvalue weighted by molar-refractivity contribution is -0.120. The molecule has 1 heterocycles. The lowest BCUT2D eigenvalue weighted by atomic mass is 10.2. The van der Waals surface area contributed by atoms with E-state index in [1.807, 2.05) is 56.3 Å². The molecule has 1 amide bonds. The fraction of sp³-hybridized carbons (Fsp3) is 0.375. The van der Waals surface area contributed by atoms with Crippen molar-refractivity contribution in [2.24, 2.45) is 0 Å². The summed E-state index contributed by atoms with van der Waals surface area (Å²) in [6.45, 7) is 3.49. The Labute approximate surface area is 129 Å². The van der Waals surface area contributed by atoms with Gasteiger partial charge in [-0.3, -0.25) is 4.79 Å². The first-order valence-electron chi connectivity index (χ1n) is 6.99. The van der Waals surface area contributed by atoms with Crippen LogP contribution in [0.2, 0.25) is 0 Å². The predicted octanol–water partition coefficient (Wildman–Crippen LogP) is 2.34. The van der Waals surface area contributed by atoms with E-state index in [1.165, 1.54) is 0 Å². The van der Waals surface area contributed by atoms with Gasteiger partial charge in [-0.2, -0.15) is 0 Å². The van der Waals surface area contributed by atoms with Crippen LogP contribution in [0.3, 0.4) is 0 Å². The lowest BCUT2D eigenvalue weighted by Crippen LogP contribution is -2.32. The summed E-state index contributed by atoms with van der Waals surface area (Å²) >= 11 is 1.60. The van der Waals surface area contributed by atoms with Gasteiger partial charge in [0.15, 0.2) is 0 Å². The third kappa shape index (κ3) is 4.65. The van der Waals surface area contributed by atoms with Gasteiger partial charge in [0, 0.05) is 23.5 Å². The molecule has 5 heteroatoms. The van der Waals surface area contributed by atoms with Crippen LogP contribution in [0.25, 0.3) is 10.6 Å². The number of carbonyl (C=O) groups excluding carboxylic acids is 1. The van der Waals surface area contributed by atoms with Gasteiger partial charge in [0.25, 0.3) is 0 Å². The number of aromatic nitrogens is 1. The fourth-order valence-corrected chi connectivity index (χ4v) is 2.99. The van der Waals surface area contributed by atoms with Crippen molar-refractivity contribution in [1.82, 2.24) is 15.2 Å². The van der Waals surface area contributed by atoms with Gasteiger partial charge in [0.2, 0.25) is 5.91 Å². The minimum Gasteiger partial charge on any atom is -0.355 e. The SMILES string of the molecule is Cc1nc(-c2ccccc2)sc1CC(=O)NCCN(C)C. The van der Waals surface area contributed by atoms with Crippen LogP contribution in [-0.4, -0.2) is 43.0 Å². The molecule has 0 aliphatic rings. The standard InChI is InChI=1S/C16H21N3OS/c1-12-14(11-15(20)17-9-10-19(2)3)21-16(18-12)13-7-5-4-6-8-13/h4-8H,9-11H2,1-3H3,(H,17,20). The Morgan fingerprint density at radius 2 is 2.00 bits per heavy atom. The summed E-state index contributed by atoms with van der Waals surface area (Å²) in [6.07, 6.45) is 0.407. The number of rotatable bonds is 6. The number of nitrogens with one attached hydrogen (secondary N) is 1. The Kier molecular flexibility index (Phi) is 5.47. The second-order valence-electron chi connectivity index (χ2n) is 5.22. The van der Waals surface area contributed by atoms with Gasteiger partial charge in [0.05, 0.1) is 12.1 Å². The smallest absolute Gasteiger partial charge is 0.225 e. The van der Waals surface area contributed by atoms with Crippen molar-refractivity contribution in [2.75, 3.05) is 27.2 Å². The third-order valence-corrected chi connectivity index (χ3v) is 4.32. The zero-order valence-corrected chi connectivity index (χ0v) is 13.5. The minimum atomic E-state index is 0.0585. The lowest BCUT2D eigenvalue weighted by Gasteiger charge is -2.09. The molecule has 0 atom stereocenters. The van der Waals surface area contributed by atoms with Crippen LogP contribution < -0.4 is 5.32 Å². The maximum absolute atomic E-state index is 11.9. The van der Waals surface area contributed by atoms with E-state index in [0.29, 0.717) is 13.0 Å². The molecule has 1 aromatic heterocycles. The summed E-state index contributed by atoms with van der Waals surface area (Å²) in [6, 6.07) is 10.1. The maximum atomic E-state index is 11.9. The number of nitrogens with zero attached hydrogens (tertiary/aromatic N) is 2. The highest BCUT2D eigenvalue weighted by molar-refractivity contribution is 7.15. The molecule has 0 radical (unpaired) electrons. The van der Waals surface area contributed by atoms with E-state index in [9.17, 15) is 4.79 Å². The van der Waals surface area contributed by atoms with Gasteiger partial charge in [-0.05, 0) is 21.0 Å². The molecule has 0 saturated carbocycles. The van der Waals surface area contributed by atoms with Gasteiger partial charge >= 0.3 is 0 Å². The van der Waals surface area contributed by atoms with Gasteiger partial charge in [-0.15, -0.1) is 11.3 Å². The fourth-order valence-electron chi connectivity index (χ4n) is 1.92. The number of aryl methyl sites for hydroxylation is 1. The molecule has 0 aliphatic heterocycles. The van der Waals surface area contributed by atoms with Crippen molar-refractivity contribution < 1.29 is 4.79 Å². The first-order chi connectivity index (χ1) is 10.1. The van der Waals surface area contributed by atoms with Gasteiger partial charge in [-0.1, -0.05) is 30.3 Å². The van der Waals surface area contributed by atoms with Gasteiger partial charge in [-0.25, -0.2) is 4.98 Å². The monoisotopic (exact) mass is 303 g/mol. The molecule has 2 aromatic rings. The quantitative estimate of drug-likeness (QED) is 0.891. The molecule has 21 heavy (non-hydrogen) atoms. The van der Waals surface area contributed by atoms with Crippen molar-refractivity contribution in [3.05, 3.63) is 40.9 Å². The Morgan fingerprint density at radius 1 is 1.29 bits per heavy atom. The summed E-state index contributed by atoms with van der Waals surface area (Å²) in [5, 5.41) is 3.91. The van der Waals surface area contributed by atoms with E-state index in [2.05, 4.69) is 10.3 Å². The highest BCUT2D eigenvalue weighted by atomic mass is 32.1. The molecule has 0 fully saturated rings.